The lowest BCUT2D eigenvalue weighted by Gasteiger charge is -2.21. The molecule has 0 aliphatic rings. The molecule has 0 unspecified atom stereocenters. The first-order valence-electron chi connectivity index (χ1n) is 9.79. The Labute approximate surface area is 150 Å². The van der Waals surface area contributed by atoms with E-state index in [0.29, 0.717) is 0 Å². The van der Waals surface area contributed by atoms with Gasteiger partial charge in [-0.25, -0.2) is 0 Å². The molecule has 0 nitrogen and oxygen atoms in total. The Kier molecular flexibility index (Phi) is 10.8. The summed E-state index contributed by atoms with van der Waals surface area (Å²) in [7, 11) is -2.43. The topological polar surface area (TPSA) is 0 Å². The maximum Gasteiger partial charge on any atom is 0.261 e. The molecular weight excluding hydrogens is 327 g/mol. The second kappa shape index (κ2) is 10.2. The highest BCUT2D eigenvalue weighted by Crippen LogP contribution is 2.24. The smallest absolute Gasteiger partial charge is 0.0941 e. The molecule has 0 atom stereocenters. The summed E-state index contributed by atoms with van der Waals surface area (Å²) in [5.41, 5.74) is 0. The molecule has 22 heavy (non-hydrogen) atoms. The van der Waals surface area contributed by atoms with Crippen LogP contribution in [0.25, 0.3) is 0 Å². The summed E-state index contributed by atoms with van der Waals surface area (Å²) in [6.45, 7) is 22.9. The van der Waals surface area contributed by atoms with Crippen molar-refractivity contribution >= 4 is 38.4 Å². The summed E-state index contributed by atoms with van der Waals surface area (Å²) < 4.78 is 0. The zero-order chi connectivity index (χ0) is 17.4. The molecule has 0 spiro atoms. The molecule has 0 saturated carbocycles. The average molecular weight is 373 g/mol. The first-order valence-corrected chi connectivity index (χ1v) is 23.4. The third kappa shape index (κ3) is 17.5. The summed E-state index contributed by atoms with van der Waals surface area (Å²) in [5, 5.41) is 4.96. The van der Waals surface area contributed by atoms with Crippen molar-refractivity contribution in [1.82, 2.24) is 0 Å². The minimum atomic E-state index is -0.810. The van der Waals surface area contributed by atoms with Gasteiger partial charge in [-0.2, -0.15) is 0 Å². The molecule has 0 bridgehead atoms. The van der Waals surface area contributed by atoms with Gasteiger partial charge in [0.2, 0.25) is 0 Å². The first kappa shape index (κ1) is 23.2. The Morgan fingerprint density at radius 2 is 0.682 bits per heavy atom. The lowest BCUT2D eigenvalue weighted by molar-refractivity contribution is 0.933. The van der Waals surface area contributed by atoms with Crippen molar-refractivity contribution in [3.8, 4) is 0 Å². The van der Waals surface area contributed by atoms with Crippen LogP contribution in [0.4, 0.5) is 0 Å². The standard InChI is InChI=1S/3C6H15Si.Al/c3*1-5-6-7(2,3)4;/h3*1,5-6H2,2-4H3;. The second-order valence-electron chi connectivity index (χ2n) is 11.2. The highest BCUT2D eigenvalue weighted by molar-refractivity contribution is 6.77. The van der Waals surface area contributed by atoms with Gasteiger partial charge in [0.05, 0.1) is 0 Å². The van der Waals surface area contributed by atoms with Crippen molar-refractivity contribution in [2.24, 2.45) is 0 Å². The van der Waals surface area contributed by atoms with Gasteiger partial charge in [-0.3, -0.25) is 0 Å². The fraction of sp³-hybridized carbons (Fsp3) is 1.00. The quantitative estimate of drug-likeness (QED) is 0.308. The van der Waals surface area contributed by atoms with E-state index < -0.39 is 38.4 Å². The predicted octanol–water partition coefficient (Wildman–Crippen LogP) is 7.67. The Balaban J connectivity index is 4.19. The van der Waals surface area contributed by atoms with Crippen LogP contribution in [-0.2, 0) is 0 Å². The van der Waals surface area contributed by atoms with E-state index in [9.17, 15) is 0 Å². The monoisotopic (exact) mass is 372 g/mol. The first-order chi connectivity index (χ1) is 9.79. The van der Waals surface area contributed by atoms with Crippen LogP contribution in [0.5, 0.6) is 0 Å². The molecule has 0 aromatic heterocycles. The van der Waals surface area contributed by atoms with Gasteiger partial charge in [0, 0.05) is 24.2 Å². The molecular formula is C18H45AlSi3. The van der Waals surface area contributed by atoms with Crippen molar-refractivity contribution in [2.75, 3.05) is 0 Å². The molecule has 0 amide bonds. The largest absolute Gasteiger partial charge is 0.261 e. The van der Waals surface area contributed by atoms with E-state index in [1.165, 1.54) is 0 Å². The van der Waals surface area contributed by atoms with Crippen LogP contribution in [-0.4, -0.2) is 38.4 Å². The normalized spacial score (nSPS) is 13.5. The molecule has 0 radical (unpaired) electrons. The lowest BCUT2D eigenvalue weighted by atomic mass is 10.5. The van der Waals surface area contributed by atoms with E-state index in [4.69, 9.17) is 0 Å². The van der Waals surface area contributed by atoms with Crippen LogP contribution in [0.1, 0.15) is 19.3 Å². The van der Waals surface area contributed by atoms with E-state index in [-0.39, 0.29) is 0 Å². The lowest BCUT2D eigenvalue weighted by Crippen LogP contribution is -2.23. The molecule has 0 aromatic carbocycles. The highest BCUT2D eigenvalue weighted by atomic mass is 28.3. The van der Waals surface area contributed by atoms with Gasteiger partial charge in [-0.05, 0) is 0 Å². The molecule has 0 rings (SSSR count). The van der Waals surface area contributed by atoms with Crippen LogP contribution < -0.4 is 0 Å². The van der Waals surface area contributed by atoms with Crippen molar-refractivity contribution in [3.05, 3.63) is 0 Å². The highest BCUT2D eigenvalue weighted by Gasteiger charge is 2.22. The third-order valence-electron chi connectivity index (χ3n) is 4.62. The van der Waals surface area contributed by atoms with Gasteiger partial charge in [-0.1, -0.05) is 112 Å². The van der Waals surface area contributed by atoms with Gasteiger partial charge in [0.1, 0.15) is 0 Å². The zero-order valence-corrected chi connectivity index (χ0v) is 21.6. The summed E-state index contributed by atoms with van der Waals surface area (Å²) in [4.78, 5) is 0. The second-order valence-corrected chi connectivity index (χ2v) is 31.6. The minimum absolute atomic E-state index is 0.436. The van der Waals surface area contributed by atoms with Gasteiger partial charge in [0.15, 0.2) is 0 Å². The molecule has 0 aliphatic heterocycles. The van der Waals surface area contributed by atoms with Crippen LogP contribution in [0.15, 0.2) is 0 Å². The zero-order valence-electron chi connectivity index (χ0n) is 17.4. The number of hydrogen-bond acceptors (Lipinski definition) is 0. The fourth-order valence-corrected chi connectivity index (χ4v) is 11.4. The molecule has 132 valence electrons. The average Bonchev–Trinajstić information content (AvgIpc) is 2.23. The van der Waals surface area contributed by atoms with Crippen LogP contribution in [0.3, 0.4) is 0 Å². The van der Waals surface area contributed by atoms with E-state index in [0.717, 1.165) is 0 Å². The van der Waals surface area contributed by atoms with Gasteiger partial charge < -0.3 is 0 Å². The molecule has 0 N–H and O–H groups in total. The van der Waals surface area contributed by atoms with Crippen molar-refractivity contribution < 1.29 is 0 Å². The van der Waals surface area contributed by atoms with E-state index in [2.05, 4.69) is 58.9 Å². The summed E-state index contributed by atoms with van der Waals surface area (Å²) in [6, 6.07) is 4.70. The number of rotatable bonds is 12. The van der Waals surface area contributed by atoms with Gasteiger partial charge >= 0.3 is 0 Å². The maximum atomic E-state index is 2.54. The van der Waals surface area contributed by atoms with Crippen molar-refractivity contribution in [3.63, 3.8) is 0 Å². The number of hydrogen-bond donors (Lipinski definition) is 0. The van der Waals surface area contributed by atoms with Gasteiger partial charge in [-0.15, -0.1) is 0 Å². The van der Waals surface area contributed by atoms with E-state index in [1.54, 1.807) is 53.2 Å². The third-order valence-corrected chi connectivity index (χ3v) is 13.9. The fourth-order valence-electron chi connectivity index (χ4n) is 3.20. The molecule has 4 heteroatoms. The van der Waals surface area contributed by atoms with Crippen molar-refractivity contribution in [1.29, 1.82) is 0 Å². The van der Waals surface area contributed by atoms with E-state index in [1.807, 2.05) is 0 Å². The summed E-state index contributed by atoms with van der Waals surface area (Å²) in [6.07, 6.45) is 4.69. The molecule has 0 aliphatic carbocycles. The SMILES string of the molecule is C[Si](C)(C)CC[CH2][Al]([CH2]CC[Si](C)(C)C)[CH2]CC[Si](C)(C)C. The molecule has 0 aromatic rings. The maximum absolute atomic E-state index is 2.54. The summed E-state index contributed by atoms with van der Waals surface area (Å²) >= 11 is -0.436. The van der Waals surface area contributed by atoms with Crippen LogP contribution in [0, 0.1) is 0 Å². The van der Waals surface area contributed by atoms with E-state index >= 15 is 0 Å². The van der Waals surface area contributed by atoms with Crippen LogP contribution >= 0.6 is 0 Å². The van der Waals surface area contributed by atoms with Crippen LogP contribution in [0.2, 0.25) is 92.9 Å². The molecule has 0 heterocycles. The molecule has 0 fully saturated rings. The Hall–Kier alpha value is 1.18. The molecule has 0 saturated heterocycles. The Bertz CT molecular complexity index is 237. The summed E-state index contributed by atoms with van der Waals surface area (Å²) in [5.74, 6) is 0. The Morgan fingerprint density at radius 3 is 0.864 bits per heavy atom. The van der Waals surface area contributed by atoms with Gasteiger partial charge in [0.25, 0.3) is 14.1 Å². The Morgan fingerprint density at radius 1 is 0.455 bits per heavy atom. The minimum Gasteiger partial charge on any atom is -0.0941 e. The predicted molar refractivity (Wildman–Crippen MR) is 118 cm³/mol. The van der Waals surface area contributed by atoms with Crippen molar-refractivity contribution in [2.45, 2.75) is 112 Å².